The van der Waals surface area contributed by atoms with Gasteiger partial charge in [0.25, 0.3) is 0 Å². The van der Waals surface area contributed by atoms with Gasteiger partial charge in [-0.25, -0.2) is 0 Å². The van der Waals surface area contributed by atoms with E-state index in [1.807, 2.05) is 0 Å². The Bertz CT molecular complexity index is 453. The molecule has 20 heavy (non-hydrogen) atoms. The van der Waals surface area contributed by atoms with Crippen molar-refractivity contribution in [2.45, 2.75) is 46.2 Å². The van der Waals surface area contributed by atoms with Crippen LogP contribution in [0.3, 0.4) is 0 Å². The highest BCUT2D eigenvalue weighted by Gasteiger charge is 2.33. The van der Waals surface area contributed by atoms with Crippen molar-refractivity contribution in [3.8, 4) is 5.75 Å². The lowest BCUT2D eigenvalue weighted by Crippen LogP contribution is -2.49. The molecule has 0 radical (unpaired) electrons. The van der Waals surface area contributed by atoms with Crippen LogP contribution < -0.4 is 10.1 Å². The number of ether oxygens (including phenoxy) is 1. The Labute approximate surface area is 124 Å². The van der Waals surface area contributed by atoms with Gasteiger partial charge in [-0.3, -0.25) is 0 Å². The Hall–Kier alpha value is -1.06. The average molecular weight is 278 g/mol. The fourth-order valence-corrected chi connectivity index (χ4v) is 2.55. The molecule has 0 aliphatic heterocycles. The topological polar surface area (TPSA) is 24.5 Å². The van der Waals surface area contributed by atoms with E-state index in [4.69, 9.17) is 4.74 Å². The van der Waals surface area contributed by atoms with Crippen molar-refractivity contribution < 1.29 is 4.74 Å². The Morgan fingerprint density at radius 2 is 1.80 bits per heavy atom. The molecule has 0 amide bonds. The molecule has 1 atom stereocenters. The number of rotatable bonds is 6. The number of hydrogen-bond acceptors (Lipinski definition) is 3. The van der Waals surface area contributed by atoms with E-state index >= 15 is 0 Å². The molecule has 0 aliphatic rings. The van der Waals surface area contributed by atoms with Crippen LogP contribution in [0.25, 0.3) is 0 Å². The van der Waals surface area contributed by atoms with Gasteiger partial charge >= 0.3 is 0 Å². The van der Waals surface area contributed by atoms with E-state index in [0.29, 0.717) is 0 Å². The second-order valence-corrected chi connectivity index (χ2v) is 6.22. The summed E-state index contributed by atoms with van der Waals surface area (Å²) in [6.07, 6.45) is 0. The lowest BCUT2D eigenvalue weighted by Gasteiger charge is -2.41. The first-order chi connectivity index (χ1) is 9.25. The van der Waals surface area contributed by atoms with E-state index in [-0.39, 0.29) is 11.6 Å². The van der Waals surface area contributed by atoms with Gasteiger partial charge in [-0.2, -0.15) is 0 Å². The van der Waals surface area contributed by atoms with Crippen molar-refractivity contribution in [3.05, 3.63) is 28.8 Å². The number of nitrogens with one attached hydrogen (secondary N) is 1. The van der Waals surface area contributed by atoms with Crippen molar-refractivity contribution in [3.63, 3.8) is 0 Å². The highest BCUT2D eigenvalue weighted by molar-refractivity contribution is 5.43. The average Bonchev–Trinajstić information content (AvgIpc) is 2.38. The minimum atomic E-state index is 0.0296. The smallest absolute Gasteiger partial charge is 0.122 e. The standard InChI is InChI=1S/C17H30N2O/c1-9-18-16(17(4,5)19(6)7)14-10-13(3)15(20-8)11-12(14)2/h10-11,16,18H,9H2,1-8H3. The third-order valence-electron chi connectivity index (χ3n) is 4.36. The van der Waals surface area contributed by atoms with Crippen LogP contribution in [0.15, 0.2) is 12.1 Å². The predicted molar refractivity (Wildman–Crippen MR) is 86.7 cm³/mol. The third kappa shape index (κ3) is 3.33. The second-order valence-electron chi connectivity index (χ2n) is 6.22. The van der Waals surface area contributed by atoms with Gasteiger partial charge in [-0.1, -0.05) is 13.0 Å². The summed E-state index contributed by atoms with van der Waals surface area (Å²) in [4.78, 5) is 2.28. The Morgan fingerprint density at radius 1 is 1.20 bits per heavy atom. The first-order valence-corrected chi connectivity index (χ1v) is 7.31. The van der Waals surface area contributed by atoms with Crippen molar-refractivity contribution in [1.82, 2.24) is 10.2 Å². The Balaban J connectivity index is 3.32. The molecule has 1 aromatic rings. The maximum absolute atomic E-state index is 5.42. The van der Waals surface area contributed by atoms with Gasteiger partial charge in [-0.15, -0.1) is 0 Å². The summed E-state index contributed by atoms with van der Waals surface area (Å²) >= 11 is 0. The summed E-state index contributed by atoms with van der Waals surface area (Å²) in [6.45, 7) is 11.9. The van der Waals surface area contributed by atoms with Crippen LogP contribution in [-0.2, 0) is 0 Å². The molecular formula is C17H30N2O. The van der Waals surface area contributed by atoms with Crippen LogP contribution in [0.5, 0.6) is 5.75 Å². The lowest BCUT2D eigenvalue weighted by atomic mass is 9.84. The SMILES string of the molecule is CCNC(c1cc(C)c(OC)cc1C)C(C)(C)N(C)C. The number of likely N-dealkylation sites (N-methyl/N-ethyl adjacent to an activating group) is 2. The van der Waals surface area contributed by atoms with Gasteiger partial charge in [0.2, 0.25) is 0 Å². The van der Waals surface area contributed by atoms with E-state index in [2.05, 4.69) is 71.1 Å². The maximum atomic E-state index is 5.42. The molecular weight excluding hydrogens is 248 g/mol. The molecule has 1 unspecified atom stereocenters. The number of nitrogens with zero attached hydrogens (tertiary/aromatic N) is 1. The molecule has 1 N–H and O–H groups in total. The van der Waals surface area contributed by atoms with E-state index in [0.717, 1.165) is 12.3 Å². The highest BCUT2D eigenvalue weighted by Crippen LogP contribution is 2.34. The Morgan fingerprint density at radius 3 is 2.25 bits per heavy atom. The molecule has 0 saturated carbocycles. The van der Waals surface area contributed by atoms with Gasteiger partial charge < -0.3 is 15.0 Å². The van der Waals surface area contributed by atoms with Crippen LogP contribution >= 0.6 is 0 Å². The molecule has 3 heteroatoms. The third-order valence-corrected chi connectivity index (χ3v) is 4.36. The number of aryl methyl sites for hydroxylation is 2. The van der Waals surface area contributed by atoms with E-state index in [9.17, 15) is 0 Å². The summed E-state index contributed by atoms with van der Waals surface area (Å²) in [6, 6.07) is 4.68. The van der Waals surface area contributed by atoms with Crippen molar-refractivity contribution >= 4 is 0 Å². The molecule has 0 fully saturated rings. The van der Waals surface area contributed by atoms with Gasteiger partial charge in [-0.05, 0) is 71.1 Å². The number of benzene rings is 1. The van der Waals surface area contributed by atoms with Crippen molar-refractivity contribution in [2.24, 2.45) is 0 Å². The zero-order valence-electron chi connectivity index (χ0n) is 14.3. The van der Waals surface area contributed by atoms with Crippen LogP contribution in [0, 0.1) is 13.8 Å². The molecule has 0 heterocycles. The molecule has 0 aliphatic carbocycles. The molecule has 114 valence electrons. The lowest BCUT2D eigenvalue weighted by molar-refractivity contribution is 0.138. The zero-order valence-corrected chi connectivity index (χ0v) is 14.3. The number of hydrogen-bond donors (Lipinski definition) is 1. The second kappa shape index (κ2) is 6.59. The molecule has 0 bridgehead atoms. The summed E-state index contributed by atoms with van der Waals surface area (Å²) in [7, 11) is 6.00. The van der Waals surface area contributed by atoms with Crippen molar-refractivity contribution in [2.75, 3.05) is 27.7 Å². The summed E-state index contributed by atoms with van der Waals surface area (Å²) in [5.41, 5.74) is 3.84. The first kappa shape index (κ1) is 17.0. The minimum absolute atomic E-state index is 0.0296. The van der Waals surface area contributed by atoms with Gasteiger partial charge in [0, 0.05) is 5.54 Å². The maximum Gasteiger partial charge on any atom is 0.122 e. The predicted octanol–water partition coefficient (Wildman–Crippen LogP) is 3.30. The van der Waals surface area contributed by atoms with Crippen molar-refractivity contribution in [1.29, 1.82) is 0 Å². The summed E-state index contributed by atoms with van der Waals surface area (Å²) < 4.78 is 5.42. The van der Waals surface area contributed by atoms with E-state index in [1.165, 1.54) is 16.7 Å². The fourth-order valence-electron chi connectivity index (χ4n) is 2.55. The van der Waals surface area contributed by atoms with Crippen LogP contribution in [-0.4, -0.2) is 38.2 Å². The van der Waals surface area contributed by atoms with Gasteiger partial charge in [0.1, 0.15) is 5.75 Å². The monoisotopic (exact) mass is 278 g/mol. The quantitative estimate of drug-likeness (QED) is 0.864. The molecule has 0 saturated heterocycles. The Kier molecular flexibility index (Phi) is 5.60. The van der Waals surface area contributed by atoms with Crippen LogP contribution in [0.4, 0.5) is 0 Å². The summed E-state index contributed by atoms with van der Waals surface area (Å²) in [5, 5.41) is 3.64. The normalized spacial score (nSPS) is 13.7. The fraction of sp³-hybridized carbons (Fsp3) is 0.647. The minimum Gasteiger partial charge on any atom is -0.496 e. The molecule has 1 aromatic carbocycles. The number of methoxy groups -OCH3 is 1. The van der Waals surface area contributed by atoms with Gasteiger partial charge in [0.15, 0.2) is 0 Å². The van der Waals surface area contributed by atoms with E-state index in [1.54, 1.807) is 7.11 Å². The highest BCUT2D eigenvalue weighted by atomic mass is 16.5. The van der Waals surface area contributed by atoms with Gasteiger partial charge in [0.05, 0.1) is 13.2 Å². The summed E-state index contributed by atoms with van der Waals surface area (Å²) in [5.74, 6) is 0.962. The largest absolute Gasteiger partial charge is 0.496 e. The molecule has 3 nitrogen and oxygen atoms in total. The molecule has 0 spiro atoms. The van der Waals surface area contributed by atoms with Crippen LogP contribution in [0.1, 0.15) is 43.5 Å². The molecule has 0 aromatic heterocycles. The first-order valence-electron chi connectivity index (χ1n) is 7.31. The van der Waals surface area contributed by atoms with Crippen LogP contribution in [0.2, 0.25) is 0 Å². The zero-order chi connectivity index (χ0) is 15.5. The van der Waals surface area contributed by atoms with E-state index < -0.39 is 0 Å². The molecule has 1 rings (SSSR count).